The largest absolute Gasteiger partial charge is 0.494 e. The highest BCUT2D eigenvalue weighted by Gasteiger charge is 2.11. The molecule has 0 fully saturated rings. The van der Waals surface area contributed by atoms with Crippen molar-refractivity contribution >= 4 is 5.69 Å². The van der Waals surface area contributed by atoms with Gasteiger partial charge in [0.2, 0.25) is 0 Å². The molecule has 0 aliphatic rings. The van der Waals surface area contributed by atoms with Crippen LogP contribution in [0.2, 0.25) is 0 Å². The quantitative estimate of drug-likeness (QED) is 0.906. The molecule has 0 heterocycles. The minimum Gasteiger partial charge on any atom is -0.494 e. The highest BCUT2D eigenvalue weighted by Crippen LogP contribution is 2.26. The first-order valence-electron chi connectivity index (χ1n) is 6.80. The van der Waals surface area contributed by atoms with Gasteiger partial charge in [-0.3, -0.25) is 0 Å². The second-order valence-corrected chi connectivity index (χ2v) is 4.89. The fourth-order valence-corrected chi connectivity index (χ4v) is 2.08. The van der Waals surface area contributed by atoms with Gasteiger partial charge in [0.15, 0.2) is 0 Å². The molecule has 0 spiro atoms. The van der Waals surface area contributed by atoms with Crippen LogP contribution in [0.25, 0.3) is 0 Å². The first-order chi connectivity index (χ1) is 9.61. The SMILES string of the molecule is CCOc1ccc(C(O)c2cccc(N(C)C)c2)cc1. The van der Waals surface area contributed by atoms with Gasteiger partial charge in [-0.1, -0.05) is 24.3 Å². The number of hydrogen-bond acceptors (Lipinski definition) is 3. The summed E-state index contributed by atoms with van der Waals surface area (Å²) in [7, 11) is 3.98. The summed E-state index contributed by atoms with van der Waals surface area (Å²) < 4.78 is 5.41. The Morgan fingerprint density at radius 2 is 1.75 bits per heavy atom. The summed E-state index contributed by atoms with van der Waals surface area (Å²) in [6.45, 7) is 2.60. The Morgan fingerprint density at radius 1 is 1.05 bits per heavy atom. The van der Waals surface area contributed by atoms with Crippen LogP contribution in [-0.2, 0) is 0 Å². The maximum Gasteiger partial charge on any atom is 0.119 e. The van der Waals surface area contributed by atoms with Crippen LogP contribution in [0.1, 0.15) is 24.2 Å². The van der Waals surface area contributed by atoms with Gasteiger partial charge in [-0.05, 0) is 42.3 Å². The molecule has 0 saturated carbocycles. The second kappa shape index (κ2) is 6.44. The Morgan fingerprint density at radius 3 is 2.35 bits per heavy atom. The van der Waals surface area contributed by atoms with Crippen LogP contribution in [0.4, 0.5) is 5.69 Å². The third-order valence-corrected chi connectivity index (χ3v) is 3.21. The Bertz CT molecular complexity index is 549. The monoisotopic (exact) mass is 271 g/mol. The molecular formula is C17H21NO2. The highest BCUT2D eigenvalue weighted by molar-refractivity contribution is 5.49. The van der Waals surface area contributed by atoms with Gasteiger partial charge in [-0.2, -0.15) is 0 Å². The van der Waals surface area contributed by atoms with Crippen molar-refractivity contribution in [3.05, 3.63) is 59.7 Å². The van der Waals surface area contributed by atoms with Crippen molar-refractivity contribution in [2.75, 3.05) is 25.6 Å². The molecule has 0 saturated heterocycles. The number of benzene rings is 2. The van der Waals surface area contributed by atoms with Crippen molar-refractivity contribution in [1.82, 2.24) is 0 Å². The molecule has 0 amide bonds. The standard InChI is InChI=1S/C17H21NO2/c1-4-20-16-10-8-13(9-11-16)17(19)14-6-5-7-15(12-14)18(2)3/h5-12,17,19H,4H2,1-3H3. The van der Waals surface area contributed by atoms with E-state index in [2.05, 4.69) is 0 Å². The van der Waals surface area contributed by atoms with Crippen molar-refractivity contribution in [2.45, 2.75) is 13.0 Å². The summed E-state index contributed by atoms with van der Waals surface area (Å²) >= 11 is 0. The van der Waals surface area contributed by atoms with Crippen LogP contribution >= 0.6 is 0 Å². The number of aliphatic hydroxyl groups excluding tert-OH is 1. The topological polar surface area (TPSA) is 32.7 Å². The summed E-state index contributed by atoms with van der Waals surface area (Å²) in [6.07, 6.45) is -0.620. The van der Waals surface area contributed by atoms with Gasteiger partial charge in [0.05, 0.1) is 6.61 Å². The molecule has 2 rings (SSSR count). The molecule has 0 aliphatic heterocycles. The van der Waals surface area contributed by atoms with E-state index < -0.39 is 6.10 Å². The van der Waals surface area contributed by atoms with E-state index in [0.717, 1.165) is 22.6 Å². The van der Waals surface area contributed by atoms with Crippen molar-refractivity contribution < 1.29 is 9.84 Å². The molecule has 106 valence electrons. The third-order valence-electron chi connectivity index (χ3n) is 3.21. The third kappa shape index (κ3) is 3.31. The van der Waals surface area contributed by atoms with Crippen molar-refractivity contribution in [2.24, 2.45) is 0 Å². The van der Waals surface area contributed by atoms with Gasteiger partial charge in [-0.25, -0.2) is 0 Å². The lowest BCUT2D eigenvalue weighted by Crippen LogP contribution is -2.09. The van der Waals surface area contributed by atoms with E-state index in [4.69, 9.17) is 4.74 Å². The molecule has 3 heteroatoms. The van der Waals surface area contributed by atoms with E-state index >= 15 is 0 Å². The zero-order valence-electron chi connectivity index (χ0n) is 12.2. The Kier molecular flexibility index (Phi) is 4.64. The number of hydrogen-bond donors (Lipinski definition) is 1. The maximum atomic E-state index is 10.5. The van der Waals surface area contributed by atoms with Crippen LogP contribution in [-0.4, -0.2) is 25.8 Å². The molecule has 0 bridgehead atoms. The van der Waals surface area contributed by atoms with Gasteiger partial charge in [0, 0.05) is 19.8 Å². The van der Waals surface area contributed by atoms with E-state index in [-0.39, 0.29) is 0 Å². The van der Waals surface area contributed by atoms with Crippen molar-refractivity contribution in [3.8, 4) is 5.75 Å². The van der Waals surface area contributed by atoms with Crippen LogP contribution in [0.5, 0.6) is 5.75 Å². The van der Waals surface area contributed by atoms with E-state index in [9.17, 15) is 5.11 Å². The normalized spacial score (nSPS) is 12.0. The summed E-state index contributed by atoms with van der Waals surface area (Å²) in [5.41, 5.74) is 2.83. The molecule has 1 unspecified atom stereocenters. The first kappa shape index (κ1) is 14.4. The van der Waals surface area contributed by atoms with Crippen LogP contribution < -0.4 is 9.64 Å². The average Bonchev–Trinajstić information content (AvgIpc) is 2.48. The highest BCUT2D eigenvalue weighted by atomic mass is 16.5. The Hall–Kier alpha value is -2.00. The number of ether oxygens (including phenoxy) is 1. The van der Waals surface area contributed by atoms with Crippen LogP contribution in [0.3, 0.4) is 0 Å². The predicted molar refractivity (Wildman–Crippen MR) is 82.4 cm³/mol. The summed E-state index contributed by atoms with van der Waals surface area (Å²) in [6, 6.07) is 15.5. The number of anilines is 1. The van der Waals surface area contributed by atoms with Crippen molar-refractivity contribution in [3.63, 3.8) is 0 Å². The minimum absolute atomic E-state index is 0.620. The molecular weight excluding hydrogens is 250 g/mol. The first-order valence-corrected chi connectivity index (χ1v) is 6.80. The molecule has 20 heavy (non-hydrogen) atoms. The maximum absolute atomic E-state index is 10.5. The zero-order chi connectivity index (χ0) is 14.5. The Labute approximate surface area is 120 Å². The summed E-state index contributed by atoms with van der Waals surface area (Å²) in [4.78, 5) is 2.02. The lowest BCUT2D eigenvalue weighted by Gasteiger charge is -2.17. The van der Waals surface area contributed by atoms with Crippen LogP contribution in [0.15, 0.2) is 48.5 Å². The average molecular weight is 271 g/mol. The van der Waals surface area contributed by atoms with Gasteiger partial charge in [0.1, 0.15) is 11.9 Å². The Balaban J connectivity index is 2.21. The molecule has 3 nitrogen and oxygen atoms in total. The van der Waals surface area contributed by atoms with Crippen LogP contribution in [0, 0.1) is 0 Å². The second-order valence-electron chi connectivity index (χ2n) is 4.89. The molecule has 0 radical (unpaired) electrons. The number of rotatable bonds is 5. The summed E-state index contributed by atoms with van der Waals surface area (Å²) in [5.74, 6) is 0.825. The number of nitrogens with zero attached hydrogens (tertiary/aromatic N) is 1. The van der Waals surface area contributed by atoms with Gasteiger partial charge in [0.25, 0.3) is 0 Å². The fraction of sp³-hybridized carbons (Fsp3) is 0.294. The smallest absolute Gasteiger partial charge is 0.119 e. The van der Waals surface area contributed by atoms with E-state index in [1.165, 1.54) is 0 Å². The summed E-state index contributed by atoms with van der Waals surface area (Å²) in [5, 5.41) is 10.5. The molecule has 0 aliphatic carbocycles. The fourth-order valence-electron chi connectivity index (χ4n) is 2.08. The molecule has 2 aromatic carbocycles. The van der Waals surface area contributed by atoms with Gasteiger partial charge < -0.3 is 14.7 Å². The zero-order valence-corrected chi connectivity index (χ0v) is 12.2. The van der Waals surface area contributed by atoms with Gasteiger partial charge in [-0.15, -0.1) is 0 Å². The lowest BCUT2D eigenvalue weighted by atomic mass is 10.0. The number of aliphatic hydroxyl groups is 1. The molecule has 1 atom stereocenters. The lowest BCUT2D eigenvalue weighted by molar-refractivity contribution is 0.220. The van der Waals surface area contributed by atoms with E-state index in [0.29, 0.717) is 6.61 Å². The van der Waals surface area contributed by atoms with Crippen molar-refractivity contribution in [1.29, 1.82) is 0 Å². The molecule has 2 aromatic rings. The van der Waals surface area contributed by atoms with E-state index in [1.807, 2.05) is 74.4 Å². The molecule has 0 aromatic heterocycles. The molecule has 1 N–H and O–H groups in total. The predicted octanol–water partition coefficient (Wildman–Crippen LogP) is 3.23. The minimum atomic E-state index is -0.620. The van der Waals surface area contributed by atoms with E-state index in [1.54, 1.807) is 0 Å². The van der Waals surface area contributed by atoms with Gasteiger partial charge >= 0.3 is 0 Å².